The van der Waals surface area contributed by atoms with Crippen molar-refractivity contribution in [3.05, 3.63) is 86.7 Å². The zero-order valence-electron chi connectivity index (χ0n) is 17.3. The topological polar surface area (TPSA) is 90.1 Å². The minimum atomic E-state index is -5.29. The molecule has 1 N–H and O–H groups in total. The van der Waals surface area contributed by atoms with E-state index in [1.54, 1.807) is 0 Å². The van der Waals surface area contributed by atoms with Crippen LogP contribution >= 0.6 is 0 Å². The van der Waals surface area contributed by atoms with Gasteiger partial charge in [-0.25, -0.2) is 4.68 Å². The highest BCUT2D eigenvalue weighted by Crippen LogP contribution is 2.37. The fourth-order valence-electron chi connectivity index (χ4n) is 3.17. The summed E-state index contributed by atoms with van der Waals surface area (Å²) in [6, 6.07) is 4.63. The number of nitro groups is 1. The maximum atomic E-state index is 13.8. The van der Waals surface area contributed by atoms with E-state index in [1.807, 2.05) is 5.32 Å². The fraction of sp³-hybridized carbons (Fsp3) is 0.200. The van der Waals surface area contributed by atoms with Gasteiger partial charge in [0.05, 0.1) is 27.8 Å². The Labute approximate surface area is 194 Å². The van der Waals surface area contributed by atoms with Crippen LogP contribution in [0.2, 0.25) is 0 Å². The lowest BCUT2D eigenvalue weighted by Crippen LogP contribution is -2.27. The molecule has 3 aromatic rings. The SMILES string of the molecule is O=C(NCc1cc(C(F)(F)F)cc(C(F)(F)F)c1)c1cnn(-c2ccccc2[N+](=O)[O-])c1C(F)(F)F. The molecule has 1 aromatic heterocycles. The molecular weight excluding hydrogens is 515 g/mol. The Kier molecular flexibility index (Phi) is 6.74. The highest BCUT2D eigenvalue weighted by atomic mass is 19.4. The largest absolute Gasteiger partial charge is 0.434 e. The maximum Gasteiger partial charge on any atom is 0.434 e. The molecule has 192 valence electrons. The van der Waals surface area contributed by atoms with Crippen LogP contribution in [-0.4, -0.2) is 20.6 Å². The number of nitrogens with zero attached hydrogens (tertiary/aromatic N) is 3. The molecule has 0 bridgehead atoms. The Morgan fingerprint density at radius 2 is 1.47 bits per heavy atom. The number of rotatable bonds is 5. The number of aromatic nitrogens is 2. The summed E-state index contributed by atoms with van der Waals surface area (Å²) in [5.74, 6) is -1.54. The van der Waals surface area contributed by atoms with Crippen molar-refractivity contribution in [2.45, 2.75) is 25.1 Å². The van der Waals surface area contributed by atoms with Gasteiger partial charge in [0.2, 0.25) is 0 Å². The highest BCUT2D eigenvalue weighted by molar-refractivity contribution is 5.95. The Bertz CT molecular complexity index is 1280. The first-order valence-corrected chi connectivity index (χ1v) is 9.45. The molecule has 0 saturated carbocycles. The lowest BCUT2D eigenvalue weighted by Gasteiger charge is -2.15. The van der Waals surface area contributed by atoms with Crippen LogP contribution in [0.15, 0.2) is 48.7 Å². The number of para-hydroxylation sites is 2. The van der Waals surface area contributed by atoms with Crippen molar-refractivity contribution in [2.75, 3.05) is 0 Å². The smallest absolute Gasteiger partial charge is 0.348 e. The van der Waals surface area contributed by atoms with Gasteiger partial charge >= 0.3 is 18.5 Å². The lowest BCUT2D eigenvalue weighted by atomic mass is 10.0. The summed E-state index contributed by atoms with van der Waals surface area (Å²) in [7, 11) is 0. The molecule has 7 nitrogen and oxygen atoms in total. The molecule has 0 unspecified atom stereocenters. The molecule has 36 heavy (non-hydrogen) atoms. The van der Waals surface area contributed by atoms with Crippen molar-refractivity contribution < 1.29 is 49.2 Å². The predicted molar refractivity (Wildman–Crippen MR) is 103 cm³/mol. The molecule has 2 aromatic carbocycles. The van der Waals surface area contributed by atoms with Gasteiger partial charge in [-0.15, -0.1) is 0 Å². The number of alkyl halides is 9. The standard InChI is InChI=1S/C20H11F9N4O3/c21-18(22,23)11-5-10(6-12(7-11)19(24,25)26)8-30-17(34)13-9-31-32(16(13)20(27,28)29)14-3-1-2-4-15(14)33(35)36/h1-7,9H,8H2,(H,30,34). The van der Waals surface area contributed by atoms with Gasteiger partial charge in [0, 0.05) is 12.6 Å². The lowest BCUT2D eigenvalue weighted by molar-refractivity contribution is -0.384. The van der Waals surface area contributed by atoms with Gasteiger partial charge in [-0.05, 0) is 29.8 Å². The Morgan fingerprint density at radius 3 is 1.97 bits per heavy atom. The van der Waals surface area contributed by atoms with Gasteiger partial charge in [-0.3, -0.25) is 14.9 Å². The number of carbonyl (C=O) groups is 1. The summed E-state index contributed by atoms with van der Waals surface area (Å²) >= 11 is 0. The van der Waals surface area contributed by atoms with Crippen LogP contribution < -0.4 is 5.32 Å². The van der Waals surface area contributed by atoms with Crippen LogP contribution in [0.1, 0.15) is 32.7 Å². The van der Waals surface area contributed by atoms with E-state index in [2.05, 4.69) is 5.10 Å². The van der Waals surface area contributed by atoms with Gasteiger partial charge < -0.3 is 5.32 Å². The number of halogens is 9. The molecule has 0 aliphatic carbocycles. The zero-order valence-corrected chi connectivity index (χ0v) is 17.3. The van der Waals surface area contributed by atoms with Crippen LogP contribution in [-0.2, 0) is 25.1 Å². The van der Waals surface area contributed by atoms with Gasteiger partial charge in [-0.1, -0.05) is 12.1 Å². The summed E-state index contributed by atoms with van der Waals surface area (Å²) < 4.78 is 119. The minimum absolute atomic E-state index is 0.0963. The summed E-state index contributed by atoms with van der Waals surface area (Å²) in [5, 5.41) is 16.4. The van der Waals surface area contributed by atoms with Gasteiger partial charge in [0.25, 0.3) is 11.6 Å². The number of carbonyl (C=O) groups excluding carboxylic acids is 1. The van der Waals surface area contributed by atoms with Crippen LogP contribution in [0.5, 0.6) is 0 Å². The van der Waals surface area contributed by atoms with E-state index in [4.69, 9.17) is 0 Å². The van der Waals surface area contributed by atoms with E-state index in [9.17, 15) is 54.4 Å². The van der Waals surface area contributed by atoms with E-state index in [0.717, 1.165) is 12.1 Å². The monoisotopic (exact) mass is 526 g/mol. The van der Waals surface area contributed by atoms with Crippen molar-refractivity contribution in [3.8, 4) is 5.69 Å². The molecule has 0 saturated heterocycles. The molecule has 0 aliphatic heterocycles. The first kappa shape index (κ1) is 26.5. The van der Waals surface area contributed by atoms with Crippen molar-refractivity contribution >= 4 is 11.6 Å². The Morgan fingerprint density at radius 1 is 0.917 bits per heavy atom. The van der Waals surface area contributed by atoms with Crippen LogP contribution in [0.3, 0.4) is 0 Å². The van der Waals surface area contributed by atoms with Crippen LogP contribution in [0.4, 0.5) is 45.2 Å². The molecule has 0 atom stereocenters. The third-order valence-electron chi connectivity index (χ3n) is 4.69. The van der Waals surface area contributed by atoms with Crippen LogP contribution in [0, 0.1) is 10.1 Å². The van der Waals surface area contributed by atoms with Crippen molar-refractivity contribution in [1.82, 2.24) is 15.1 Å². The zero-order chi connectivity index (χ0) is 27.1. The molecule has 3 rings (SSSR count). The molecule has 1 amide bonds. The first-order chi connectivity index (χ1) is 16.5. The second-order valence-corrected chi connectivity index (χ2v) is 7.16. The van der Waals surface area contributed by atoms with Crippen molar-refractivity contribution in [2.24, 2.45) is 0 Å². The molecule has 0 radical (unpaired) electrons. The number of amides is 1. The second kappa shape index (κ2) is 9.16. The Hall–Kier alpha value is -4.11. The van der Waals surface area contributed by atoms with E-state index < -0.39 is 75.2 Å². The molecule has 0 spiro atoms. The van der Waals surface area contributed by atoms with E-state index in [0.29, 0.717) is 18.3 Å². The molecule has 0 fully saturated rings. The van der Waals surface area contributed by atoms with Crippen molar-refractivity contribution in [1.29, 1.82) is 0 Å². The number of benzene rings is 2. The molecule has 0 aliphatic rings. The third kappa shape index (κ3) is 5.58. The Balaban J connectivity index is 1.99. The average molecular weight is 526 g/mol. The molecular formula is C20H11F9N4O3. The van der Waals surface area contributed by atoms with Gasteiger partial charge in [0.15, 0.2) is 5.69 Å². The van der Waals surface area contributed by atoms with E-state index in [-0.39, 0.29) is 10.7 Å². The molecule has 1 heterocycles. The maximum absolute atomic E-state index is 13.8. The molecule has 16 heteroatoms. The third-order valence-corrected chi connectivity index (χ3v) is 4.69. The summed E-state index contributed by atoms with van der Waals surface area (Å²) in [4.78, 5) is 22.7. The quantitative estimate of drug-likeness (QED) is 0.260. The first-order valence-electron chi connectivity index (χ1n) is 9.45. The number of hydrogen-bond donors (Lipinski definition) is 1. The highest BCUT2D eigenvalue weighted by Gasteiger charge is 2.42. The number of hydrogen-bond acceptors (Lipinski definition) is 4. The normalized spacial score (nSPS) is 12.5. The summed E-state index contributed by atoms with van der Waals surface area (Å²) in [6.45, 7) is -1.00. The van der Waals surface area contributed by atoms with Crippen LogP contribution in [0.25, 0.3) is 5.69 Å². The average Bonchev–Trinajstić information content (AvgIpc) is 3.22. The summed E-state index contributed by atoms with van der Waals surface area (Å²) in [5.41, 5.74) is -8.37. The fourth-order valence-corrected chi connectivity index (χ4v) is 3.17. The number of nitro benzene ring substituents is 1. The second-order valence-electron chi connectivity index (χ2n) is 7.16. The van der Waals surface area contributed by atoms with E-state index >= 15 is 0 Å². The predicted octanol–water partition coefficient (Wildman–Crippen LogP) is 5.77. The minimum Gasteiger partial charge on any atom is -0.348 e. The van der Waals surface area contributed by atoms with Gasteiger partial charge in [-0.2, -0.15) is 44.6 Å². The van der Waals surface area contributed by atoms with Crippen molar-refractivity contribution in [3.63, 3.8) is 0 Å². The van der Waals surface area contributed by atoms with E-state index in [1.165, 1.54) is 12.1 Å². The van der Waals surface area contributed by atoms with Gasteiger partial charge in [0.1, 0.15) is 5.69 Å². The number of nitrogens with one attached hydrogen (secondary N) is 1. The summed E-state index contributed by atoms with van der Waals surface area (Å²) in [6.07, 6.45) is -15.2.